The van der Waals surface area contributed by atoms with Gasteiger partial charge in [0.15, 0.2) is 0 Å². The number of piperazine rings is 1. The lowest BCUT2D eigenvalue weighted by Crippen LogP contribution is -2.52. The molecule has 0 saturated carbocycles. The highest BCUT2D eigenvalue weighted by Crippen LogP contribution is 2.26. The van der Waals surface area contributed by atoms with Gasteiger partial charge in [-0.3, -0.25) is 4.90 Å². The molecule has 2 unspecified atom stereocenters. The molecule has 0 spiro atoms. The molecule has 1 aromatic carbocycles. The van der Waals surface area contributed by atoms with Gasteiger partial charge in [-0.1, -0.05) is 44.5 Å². The van der Waals surface area contributed by atoms with Crippen molar-refractivity contribution >= 4 is 0 Å². The summed E-state index contributed by atoms with van der Waals surface area (Å²) in [5, 5.41) is 3.59. The molecule has 2 saturated heterocycles. The maximum Gasteiger partial charge on any atom is 0.0476 e. The highest BCUT2D eigenvalue weighted by molar-refractivity contribution is 5.27. The Hall–Kier alpha value is -0.900. The molecule has 3 nitrogen and oxygen atoms in total. The summed E-state index contributed by atoms with van der Waals surface area (Å²) >= 11 is 0. The fourth-order valence-electron chi connectivity index (χ4n) is 4.17. The van der Waals surface area contributed by atoms with Crippen molar-refractivity contribution in [1.82, 2.24) is 15.1 Å². The van der Waals surface area contributed by atoms with E-state index in [1.54, 1.807) is 0 Å². The summed E-state index contributed by atoms with van der Waals surface area (Å²) in [5.41, 5.74) is 2.95. The van der Waals surface area contributed by atoms with Crippen molar-refractivity contribution in [3.63, 3.8) is 0 Å². The first-order valence-electron chi connectivity index (χ1n) is 9.93. The molecule has 3 rings (SSSR count). The van der Waals surface area contributed by atoms with E-state index in [0.29, 0.717) is 18.0 Å². The van der Waals surface area contributed by atoms with E-state index < -0.39 is 0 Å². The predicted molar refractivity (Wildman–Crippen MR) is 103 cm³/mol. The van der Waals surface area contributed by atoms with Crippen LogP contribution in [0.2, 0.25) is 0 Å². The molecular formula is C21H35N3. The van der Waals surface area contributed by atoms with E-state index in [4.69, 9.17) is 0 Å². The van der Waals surface area contributed by atoms with Crippen LogP contribution in [0.1, 0.15) is 63.1 Å². The van der Waals surface area contributed by atoms with Gasteiger partial charge in [-0.2, -0.15) is 0 Å². The molecule has 0 radical (unpaired) electrons. The Balaban J connectivity index is 1.77. The van der Waals surface area contributed by atoms with E-state index in [2.05, 4.69) is 60.2 Å². The van der Waals surface area contributed by atoms with Crippen molar-refractivity contribution in [1.29, 1.82) is 0 Å². The van der Waals surface area contributed by atoms with Gasteiger partial charge in [-0.25, -0.2) is 0 Å². The Morgan fingerprint density at radius 3 is 2.29 bits per heavy atom. The first-order chi connectivity index (χ1) is 11.6. The molecule has 2 heterocycles. The normalized spacial score (nSPS) is 25.1. The van der Waals surface area contributed by atoms with Gasteiger partial charge in [0, 0.05) is 38.3 Å². The van der Waals surface area contributed by atoms with Crippen molar-refractivity contribution in [3.05, 3.63) is 35.4 Å². The number of rotatable bonds is 5. The van der Waals surface area contributed by atoms with E-state index in [0.717, 1.165) is 19.6 Å². The van der Waals surface area contributed by atoms with Crippen molar-refractivity contribution in [3.8, 4) is 0 Å². The Morgan fingerprint density at radius 2 is 1.67 bits per heavy atom. The number of benzene rings is 1. The largest absolute Gasteiger partial charge is 0.312 e. The third kappa shape index (κ3) is 4.59. The van der Waals surface area contributed by atoms with E-state index in [1.165, 1.54) is 50.0 Å². The molecule has 2 aliphatic heterocycles. The summed E-state index contributed by atoms with van der Waals surface area (Å²) in [4.78, 5) is 5.40. The van der Waals surface area contributed by atoms with Crippen LogP contribution in [0.5, 0.6) is 0 Å². The maximum absolute atomic E-state index is 3.59. The third-order valence-electron chi connectivity index (χ3n) is 5.71. The van der Waals surface area contributed by atoms with Crippen LogP contribution in [0, 0.1) is 0 Å². The van der Waals surface area contributed by atoms with Crippen LogP contribution in [0.3, 0.4) is 0 Å². The fourth-order valence-corrected chi connectivity index (χ4v) is 4.17. The number of hydrogen-bond acceptors (Lipinski definition) is 3. The molecule has 24 heavy (non-hydrogen) atoms. The molecule has 0 bridgehead atoms. The first-order valence-corrected chi connectivity index (χ1v) is 9.93. The minimum atomic E-state index is 0.536. The molecule has 0 aromatic heterocycles. The van der Waals surface area contributed by atoms with Crippen LogP contribution >= 0.6 is 0 Å². The standard InChI is InChI=1S/C21H35N3/c1-17(2)19-7-9-20(10-8-19)21(16-23-12-5-4-6-13-23)24-14-11-22-18(3)15-24/h7-10,17-18,21-22H,4-6,11-16H2,1-3H3. The van der Waals surface area contributed by atoms with Gasteiger partial charge in [0.25, 0.3) is 0 Å². The van der Waals surface area contributed by atoms with Crippen LogP contribution in [0.15, 0.2) is 24.3 Å². The van der Waals surface area contributed by atoms with Crippen LogP contribution in [-0.4, -0.2) is 55.1 Å². The average molecular weight is 330 g/mol. The molecule has 1 aromatic rings. The highest BCUT2D eigenvalue weighted by Gasteiger charge is 2.27. The van der Waals surface area contributed by atoms with Crippen molar-refractivity contribution < 1.29 is 0 Å². The Bertz CT molecular complexity index is 490. The topological polar surface area (TPSA) is 18.5 Å². The van der Waals surface area contributed by atoms with Crippen LogP contribution in [-0.2, 0) is 0 Å². The maximum atomic E-state index is 3.59. The monoisotopic (exact) mass is 329 g/mol. The molecule has 0 amide bonds. The molecule has 1 N–H and O–H groups in total. The van der Waals surface area contributed by atoms with Gasteiger partial charge in [0.05, 0.1) is 0 Å². The van der Waals surface area contributed by atoms with Crippen LogP contribution in [0.25, 0.3) is 0 Å². The predicted octanol–water partition coefficient (Wildman–Crippen LogP) is 3.63. The molecule has 2 atom stereocenters. The van der Waals surface area contributed by atoms with Crippen molar-refractivity contribution in [2.24, 2.45) is 0 Å². The number of nitrogens with one attached hydrogen (secondary N) is 1. The molecule has 2 aliphatic rings. The molecule has 134 valence electrons. The summed E-state index contributed by atoms with van der Waals surface area (Å²) in [6.07, 6.45) is 4.16. The SMILES string of the molecule is CC1CN(C(CN2CCCCC2)c2ccc(C(C)C)cc2)CCN1. The van der Waals surface area contributed by atoms with E-state index in [9.17, 15) is 0 Å². The van der Waals surface area contributed by atoms with Gasteiger partial charge >= 0.3 is 0 Å². The number of nitrogens with zero attached hydrogens (tertiary/aromatic N) is 2. The van der Waals surface area contributed by atoms with Gasteiger partial charge in [-0.15, -0.1) is 0 Å². The van der Waals surface area contributed by atoms with Crippen LogP contribution < -0.4 is 5.32 Å². The lowest BCUT2D eigenvalue weighted by atomic mass is 9.97. The molecule has 2 fully saturated rings. The van der Waals surface area contributed by atoms with E-state index >= 15 is 0 Å². The minimum Gasteiger partial charge on any atom is -0.312 e. The lowest BCUT2D eigenvalue weighted by Gasteiger charge is -2.41. The van der Waals surface area contributed by atoms with Gasteiger partial charge in [0.2, 0.25) is 0 Å². The first kappa shape index (κ1) is 17.9. The molecular weight excluding hydrogens is 294 g/mol. The zero-order chi connectivity index (χ0) is 16.9. The second-order valence-electron chi connectivity index (χ2n) is 8.05. The summed E-state index contributed by atoms with van der Waals surface area (Å²) in [6.45, 7) is 14.0. The molecule has 0 aliphatic carbocycles. The number of hydrogen-bond donors (Lipinski definition) is 1. The summed E-state index contributed by atoms with van der Waals surface area (Å²) in [5.74, 6) is 0.610. The second-order valence-corrected chi connectivity index (χ2v) is 8.05. The van der Waals surface area contributed by atoms with Crippen molar-refractivity contribution in [2.45, 2.75) is 58.0 Å². The highest BCUT2D eigenvalue weighted by atomic mass is 15.3. The zero-order valence-electron chi connectivity index (χ0n) is 15.8. The zero-order valence-corrected chi connectivity index (χ0v) is 15.8. The fraction of sp³-hybridized carbons (Fsp3) is 0.714. The Labute approximate surface area is 148 Å². The van der Waals surface area contributed by atoms with Gasteiger partial charge in [-0.05, 0) is 49.9 Å². The summed E-state index contributed by atoms with van der Waals surface area (Å²) < 4.78 is 0. The number of likely N-dealkylation sites (tertiary alicyclic amines) is 1. The second kappa shape index (κ2) is 8.46. The third-order valence-corrected chi connectivity index (χ3v) is 5.71. The lowest BCUT2D eigenvalue weighted by molar-refractivity contribution is 0.100. The quantitative estimate of drug-likeness (QED) is 0.890. The van der Waals surface area contributed by atoms with E-state index in [-0.39, 0.29) is 0 Å². The minimum absolute atomic E-state index is 0.536. The van der Waals surface area contributed by atoms with Crippen LogP contribution in [0.4, 0.5) is 0 Å². The van der Waals surface area contributed by atoms with Gasteiger partial charge < -0.3 is 10.2 Å². The summed E-state index contributed by atoms with van der Waals surface area (Å²) in [7, 11) is 0. The summed E-state index contributed by atoms with van der Waals surface area (Å²) in [6, 6.07) is 10.6. The van der Waals surface area contributed by atoms with E-state index in [1.807, 2.05) is 0 Å². The van der Waals surface area contributed by atoms with Crippen molar-refractivity contribution in [2.75, 3.05) is 39.3 Å². The number of piperidine rings is 1. The Morgan fingerprint density at radius 1 is 1.00 bits per heavy atom. The average Bonchev–Trinajstić information content (AvgIpc) is 2.61. The smallest absolute Gasteiger partial charge is 0.0476 e. The van der Waals surface area contributed by atoms with Gasteiger partial charge in [0.1, 0.15) is 0 Å². The Kier molecular flexibility index (Phi) is 6.31. The molecule has 3 heteroatoms.